The number of nitrogens with zero attached hydrogens (tertiary/aromatic N) is 3. The summed E-state index contributed by atoms with van der Waals surface area (Å²) in [6, 6.07) is 11.5. The maximum Gasteiger partial charge on any atom is 0.187 e. The summed E-state index contributed by atoms with van der Waals surface area (Å²) in [4.78, 5) is 20.9. The number of aryl methyl sites for hydroxylation is 1. The van der Waals surface area contributed by atoms with Crippen molar-refractivity contribution in [2.24, 2.45) is 0 Å². The first kappa shape index (κ1) is 17.7. The Morgan fingerprint density at radius 3 is 2.60 bits per heavy atom. The molecule has 1 aromatic carbocycles. The first-order valence-corrected chi connectivity index (χ1v) is 9.25. The molecule has 0 amide bonds. The van der Waals surface area contributed by atoms with Crippen molar-refractivity contribution >= 4 is 29.1 Å². The van der Waals surface area contributed by atoms with Crippen LogP contribution in [0.5, 0.6) is 0 Å². The van der Waals surface area contributed by atoms with Gasteiger partial charge in [-0.05, 0) is 37.6 Å². The fourth-order valence-electron chi connectivity index (χ4n) is 2.69. The zero-order chi connectivity index (χ0) is 17.8. The van der Waals surface area contributed by atoms with Gasteiger partial charge < -0.3 is 4.57 Å². The summed E-state index contributed by atoms with van der Waals surface area (Å²) >= 11 is 7.62. The molecule has 0 radical (unpaired) electrons. The van der Waals surface area contributed by atoms with Crippen molar-refractivity contribution in [2.75, 3.05) is 5.75 Å². The van der Waals surface area contributed by atoms with E-state index in [0.29, 0.717) is 17.5 Å². The molecule has 0 unspecified atom stereocenters. The molecule has 0 aliphatic carbocycles. The highest BCUT2D eigenvalue weighted by molar-refractivity contribution is 7.99. The number of benzene rings is 1. The molecule has 0 aliphatic heterocycles. The van der Waals surface area contributed by atoms with E-state index in [1.807, 2.05) is 44.2 Å². The van der Waals surface area contributed by atoms with E-state index in [1.54, 1.807) is 18.5 Å². The molecule has 0 spiro atoms. The molecule has 0 saturated carbocycles. The van der Waals surface area contributed by atoms with E-state index in [0.717, 1.165) is 27.5 Å². The van der Waals surface area contributed by atoms with Crippen molar-refractivity contribution in [1.29, 1.82) is 0 Å². The molecule has 0 N–H and O–H groups in total. The fraction of sp³-hybridized carbons (Fsp3) is 0.211. The zero-order valence-electron chi connectivity index (χ0n) is 14.1. The Balaban J connectivity index is 1.77. The van der Waals surface area contributed by atoms with Crippen molar-refractivity contribution in [3.63, 3.8) is 0 Å². The maximum absolute atomic E-state index is 12.6. The van der Waals surface area contributed by atoms with Crippen LogP contribution in [0.2, 0.25) is 5.02 Å². The second kappa shape index (κ2) is 7.85. The zero-order valence-corrected chi connectivity index (χ0v) is 15.6. The Hall–Kier alpha value is -2.11. The average molecular weight is 372 g/mol. The fourth-order valence-corrected chi connectivity index (χ4v) is 3.57. The molecule has 4 nitrogen and oxygen atoms in total. The van der Waals surface area contributed by atoms with Crippen LogP contribution in [-0.2, 0) is 6.54 Å². The number of thioether (sulfide) groups is 1. The molecule has 25 heavy (non-hydrogen) atoms. The largest absolute Gasteiger partial charge is 0.344 e. The number of Topliss-reactive ketones (excluding diaryl/α,β-unsaturated/α-hetero) is 1. The maximum atomic E-state index is 12.6. The lowest BCUT2D eigenvalue weighted by Gasteiger charge is -2.11. The molecule has 2 aromatic heterocycles. The van der Waals surface area contributed by atoms with E-state index in [9.17, 15) is 4.79 Å². The van der Waals surface area contributed by atoms with Gasteiger partial charge in [0, 0.05) is 40.9 Å². The van der Waals surface area contributed by atoms with E-state index >= 15 is 0 Å². The number of ketones is 1. The third-order valence-electron chi connectivity index (χ3n) is 4.03. The lowest BCUT2D eigenvalue weighted by Crippen LogP contribution is -2.08. The van der Waals surface area contributed by atoms with Gasteiger partial charge in [0.2, 0.25) is 0 Å². The number of rotatable bonds is 6. The average Bonchev–Trinajstić information content (AvgIpc) is 2.90. The van der Waals surface area contributed by atoms with Crippen molar-refractivity contribution in [3.05, 3.63) is 76.3 Å². The Morgan fingerprint density at radius 1 is 1.16 bits per heavy atom. The van der Waals surface area contributed by atoms with Crippen LogP contribution in [0.15, 0.2) is 53.9 Å². The molecule has 6 heteroatoms. The molecule has 0 saturated heterocycles. The minimum absolute atomic E-state index is 0.0796. The van der Waals surface area contributed by atoms with Gasteiger partial charge in [0.15, 0.2) is 10.9 Å². The van der Waals surface area contributed by atoms with Crippen LogP contribution in [0, 0.1) is 13.8 Å². The van der Waals surface area contributed by atoms with E-state index in [1.165, 1.54) is 11.8 Å². The second-order valence-electron chi connectivity index (χ2n) is 5.71. The minimum atomic E-state index is 0.0796. The van der Waals surface area contributed by atoms with Crippen LogP contribution in [-0.4, -0.2) is 26.1 Å². The summed E-state index contributed by atoms with van der Waals surface area (Å²) in [5.41, 5.74) is 3.78. The van der Waals surface area contributed by atoms with Crippen molar-refractivity contribution in [3.8, 4) is 0 Å². The number of hydrogen-bond donors (Lipinski definition) is 0. The van der Waals surface area contributed by atoms with E-state index in [2.05, 4.69) is 14.5 Å². The molecular weight excluding hydrogens is 354 g/mol. The van der Waals surface area contributed by atoms with E-state index in [-0.39, 0.29) is 5.78 Å². The summed E-state index contributed by atoms with van der Waals surface area (Å²) in [6.07, 6.45) is 3.35. The van der Waals surface area contributed by atoms with Gasteiger partial charge in [-0.25, -0.2) is 9.97 Å². The van der Waals surface area contributed by atoms with Gasteiger partial charge in [0.1, 0.15) is 0 Å². The molecular formula is C19H18ClN3OS. The number of carbonyl (C=O) groups is 1. The summed E-state index contributed by atoms with van der Waals surface area (Å²) in [6.45, 7) is 4.63. The number of halogens is 1. The van der Waals surface area contributed by atoms with Gasteiger partial charge >= 0.3 is 0 Å². The summed E-state index contributed by atoms with van der Waals surface area (Å²) in [5, 5.41) is 1.35. The third kappa shape index (κ3) is 4.11. The highest BCUT2D eigenvalue weighted by Gasteiger charge is 2.17. The van der Waals surface area contributed by atoms with Gasteiger partial charge in [-0.2, -0.15) is 0 Å². The number of aromatic nitrogens is 3. The van der Waals surface area contributed by atoms with Crippen LogP contribution in [0.3, 0.4) is 0 Å². The lowest BCUT2D eigenvalue weighted by molar-refractivity contribution is 0.102. The van der Waals surface area contributed by atoms with Gasteiger partial charge in [0.25, 0.3) is 0 Å². The number of hydrogen-bond acceptors (Lipinski definition) is 4. The Kier molecular flexibility index (Phi) is 5.56. The molecule has 3 rings (SSSR count). The Labute approximate surface area is 156 Å². The highest BCUT2D eigenvalue weighted by Crippen LogP contribution is 2.23. The Morgan fingerprint density at radius 2 is 1.88 bits per heavy atom. The second-order valence-corrected chi connectivity index (χ2v) is 7.06. The summed E-state index contributed by atoms with van der Waals surface area (Å²) in [7, 11) is 0. The third-order valence-corrected chi connectivity index (χ3v) is 5.28. The van der Waals surface area contributed by atoms with Crippen LogP contribution >= 0.6 is 23.4 Å². The number of carbonyl (C=O) groups excluding carboxylic acids is 1. The predicted octanol–water partition coefficient (Wildman–Crippen LogP) is 4.57. The van der Waals surface area contributed by atoms with Gasteiger partial charge in [0.05, 0.1) is 5.75 Å². The molecule has 0 fully saturated rings. The van der Waals surface area contributed by atoms with Gasteiger partial charge in [-0.1, -0.05) is 41.6 Å². The van der Waals surface area contributed by atoms with Crippen LogP contribution in [0.4, 0.5) is 0 Å². The van der Waals surface area contributed by atoms with Crippen molar-refractivity contribution in [2.45, 2.75) is 25.5 Å². The quantitative estimate of drug-likeness (QED) is 0.361. The minimum Gasteiger partial charge on any atom is -0.344 e. The highest BCUT2D eigenvalue weighted by atomic mass is 35.5. The van der Waals surface area contributed by atoms with Gasteiger partial charge in [-0.15, -0.1) is 0 Å². The molecule has 2 heterocycles. The van der Waals surface area contributed by atoms with E-state index < -0.39 is 0 Å². The van der Waals surface area contributed by atoms with Crippen LogP contribution in [0.25, 0.3) is 0 Å². The van der Waals surface area contributed by atoms with Crippen LogP contribution in [0.1, 0.15) is 27.3 Å². The molecule has 128 valence electrons. The predicted molar refractivity (Wildman–Crippen MR) is 102 cm³/mol. The standard InChI is InChI=1S/C19H18ClN3OS/c1-13-10-16(18(24)12-25-19-21-8-5-9-22-19)14(2)23(13)11-15-6-3-4-7-17(15)20/h3-10H,11-12H2,1-2H3. The molecule has 3 aromatic rings. The lowest BCUT2D eigenvalue weighted by atomic mass is 10.2. The molecule has 0 atom stereocenters. The van der Waals surface area contributed by atoms with E-state index in [4.69, 9.17) is 11.6 Å². The Bertz CT molecular complexity index is 893. The summed E-state index contributed by atoms with van der Waals surface area (Å²) < 4.78 is 2.12. The molecule has 0 bridgehead atoms. The normalized spacial score (nSPS) is 10.8. The van der Waals surface area contributed by atoms with Crippen molar-refractivity contribution < 1.29 is 4.79 Å². The van der Waals surface area contributed by atoms with Crippen LogP contribution < -0.4 is 0 Å². The monoisotopic (exact) mass is 371 g/mol. The molecule has 0 aliphatic rings. The van der Waals surface area contributed by atoms with Crippen molar-refractivity contribution in [1.82, 2.24) is 14.5 Å². The SMILES string of the molecule is Cc1cc(C(=O)CSc2ncccn2)c(C)n1Cc1ccccc1Cl. The topological polar surface area (TPSA) is 47.8 Å². The summed E-state index contributed by atoms with van der Waals surface area (Å²) in [5.74, 6) is 0.399. The first-order valence-electron chi connectivity index (χ1n) is 7.89. The van der Waals surface area contributed by atoms with Gasteiger partial charge in [-0.3, -0.25) is 4.79 Å². The first-order chi connectivity index (χ1) is 12.1. The smallest absolute Gasteiger partial charge is 0.187 e.